The van der Waals surface area contributed by atoms with Crippen LogP contribution in [0.3, 0.4) is 0 Å². The molecule has 0 atom stereocenters. The predicted octanol–water partition coefficient (Wildman–Crippen LogP) is 3.12. The van der Waals surface area contributed by atoms with Gasteiger partial charge in [-0.2, -0.15) is 0 Å². The Morgan fingerprint density at radius 2 is 1.96 bits per heavy atom. The fraction of sp³-hybridized carbons (Fsp3) is 0.591. The highest BCUT2D eigenvalue weighted by Crippen LogP contribution is 2.16. The molecule has 1 aliphatic heterocycles. The second kappa shape index (κ2) is 11.1. The lowest BCUT2D eigenvalue weighted by Gasteiger charge is -2.34. The summed E-state index contributed by atoms with van der Waals surface area (Å²) in [6.45, 7) is 5.49. The quantitative estimate of drug-likeness (QED) is 0.409. The Morgan fingerprint density at radius 1 is 1.14 bits per heavy atom. The number of rotatable bonds is 9. The predicted molar refractivity (Wildman–Crippen MR) is 115 cm³/mol. The van der Waals surface area contributed by atoms with E-state index in [2.05, 4.69) is 56.3 Å². The minimum Gasteiger partial charge on any atom is -0.385 e. The van der Waals surface area contributed by atoms with E-state index < -0.39 is 0 Å². The van der Waals surface area contributed by atoms with Gasteiger partial charge in [0.15, 0.2) is 5.96 Å². The van der Waals surface area contributed by atoms with E-state index in [1.807, 2.05) is 7.05 Å². The third-order valence-corrected chi connectivity index (χ3v) is 5.34. The minimum absolute atomic E-state index is 0.369. The van der Waals surface area contributed by atoms with Crippen molar-refractivity contribution in [3.8, 4) is 0 Å². The summed E-state index contributed by atoms with van der Waals surface area (Å²) in [4.78, 5) is 6.82. The van der Waals surface area contributed by atoms with Gasteiger partial charge in [-0.25, -0.2) is 0 Å². The van der Waals surface area contributed by atoms with Gasteiger partial charge in [0.2, 0.25) is 0 Å². The number of aryl methyl sites for hydroxylation is 1. The van der Waals surface area contributed by atoms with E-state index in [0.29, 0.717) is 6.10 Å². The molecule has 6 nitrogen and oxygen atoms in total. The maximum atomic E-state index is 5.95. The van der Waals surface area contributed by atoms with Crippen molar-refractivity contribution in [1.82, 2.24) is 14.8 Å². The summed E-state index contributed by atoms with van der Waals surface area (Å²) in [5.41, 5.74) is 1.31. The van der Waals surface area contributed by atoms with E-state index >= 15 is 0 Å². The highest BCUT2D eigenvalue weighted by atomic mass is 16.5. The number of piperidine rings is 1. The van der Waals surface area contributed by atoms with E-state index in [0.717, 1.165) is 71.0 Å². The van der Waals surface area contributed by atoms with Crippen molar-refractivity contribution in [2.75, 3.05) is 47.0 Å². The van der Waals surface area contributed by atoms with Crippen molar-refractivity contribution in [3.05, 3.63) is 36.5 Å². The van der Waals surface area contributed by atoms with E-state index in [4.69, 9.17) is 9.47 Å². The van der Waals surface area contributed by atoms with Gasteiger partial charge >= 0.3 is 0 Å². The fourth-order valence-electron chi connectivity index (χ4n) is 3.80. The van der Waals surface area contributed by atoms with Gasteiger partial charge in [-0.1, -0.05) is 18.2 Å². The smallest absolute Gasteiger partial charge is 0.193 e. The standard InChI is InChI=1S/C22H34N4O2/c1-23-22(26-15-10-20(11-16-26)28-18-6-17-27-2)24-12-5-13-25-14-9-19-7-3-4-8-21(19)25/h3-4,7-9,14,20H,5-6,10-13,15-18H2,1-2H3,(H,23,24). The molecule has 0 bridgehead atoms. The van der Waals surface area contributed by atoms with Crippen molar-refractivity contribution in [2.24, 2.45) is 4.99 Å². The second-order valence-corrected chi connectivity index (χ2v) is 7.30. The van der Waals surface area contributed by atoms with Crippen molar-refractivity contribution in [3.63, 3.8) is 0 Å². The third-order valence-electron chi connectivity index (χ3n) is 5.34. The Morgan fingerprint density at radius 3 is 2.75 bits per heavy atom. The fourth-order valence-corrected chi connectivity index (χ4v) is 3.80. The lowest BCUT2D eigenvalue weighted by atomic mass is 10.1. The van der Waals surface area contributed by atoms with Crippen molar-refractivity contribution < 1.29 is 9.47 Å². The van der Waals surface area contributed by atoms with Crippen LogP contribution >= 0.6 is 0 Å². The Balaban J connectivity index is 1.36. The molecule has 1 saturated heterocycles. The Hall–Kier alpha value is -2.05. The number of aromatic nitrogens is 1. The Bertz CT molecular complexity index is 735. The molecule has 28 heavy (non-hydrogen) atoms. The molecule has 3 rings (SSSR count). The molecule has 0 spiro atoms. The summed E-state index contributed by atoms with van der Waals surface area (Å²) >= 11 is 0. The summed E-state index contributed by atoms with van der Waals surface area (Å²) in [5, 5.41) is 4.83. The second-order valence-electron chi connectivity index (χ2n) is 7.30. The van der Waals surface area contributed by atoms with Gasteiger partial charge in [-0.3, -0.25) is 4.99 Å². The largest absolute Gasteiger partial charge is 0.385 e. The number of likely N-dealkylation sites (tertiary alicyclic amines) is 1. The van der Waals surface area contributed by atoms with Crippen LogP contribution in [-0.2, 0) is 16.0 Å². The first-order chi connectivity index (χ1) is 13.8. The molecule has 0 radical (unpaired) electrons. The average Bonchev–Trinajstić information content (AvgIpc) is 3.15. The lowest BCUT2D eigenvalue weighted by molar-refractivity contribution is 0.00991. The minimum atomic E-state index is 0.369. The highest BCUT2D eigenvalue weighted by molar-refractivity contribution is 5.80. The van der Waals surface area contributed by atoms with Crippen molar-refractivity contribution >= 4 is 16.9 Å². The van der Waals surface area contributed by atoms with E-state index in [1.54, 1.807) is 7.11 Å². The Labute approximate surface area is 168 Å². The molecule has 1 fully saturated rings. The zero-order valence-corrected chi connectivity index (χ0v) is 17.3. The third kappa shape index (κ3) is 5.72. The molecule has 6 heteroatoms. The van der Waals surface area contributed by atoms with Gasteiger partial charge in [0.05, 0.1) is 6.10 Å². The van der Waals surface area contributed by atoms with Gasteiger partial charge in [-0.05, 0) is 43.2 Å². The summed E-state index contributed by atoms with van der Waals surface area (Å²) in [7, 11) is 3.60. The van der Waals surface area contributed by atoms with Gasteiger partial charge in [0.1, 0.15) is 0 Å². The molecule has 0 aliphatic carbocycles. The van der Waals surface area contributed by atoms with Crippen LogP contribution in [0.4, 0.5) is 0 Å². The van der Waals surface area contributed by atoms with E-state index in [9.17, 15) is 0 Å². The maximum Gasteiger partial charge on any atom is 0.193 e. The SMILES string of the molecule is CN=C(NCCCn1ccc2ccccc21)N1CCC(OCCCOC)CC1. The van der Waals surface area contributed by atoms with Crippen LogP contribution in [0.1, 0.15) is 25.7 Å². The average molecular weight is 387 g/mol. The van der Waals surface area contributed by atoms with Crippen LogP contribution in [0.2, 0.25) is 0 Å². The molecule has 0 unspecified atom stereocenters. The molecule has 1 aromatic carbocycles. The number of methoxy groups -OCH3 is 1. The topological polar surface area (TPSA) is 51.0 Å². The van der Waals surface area contributed by atoms with E-state index in [1.165, 1.54) is 10.9 Å². The van der Waals surface area contributed by atoms with Crippen LogP contribution in [0, 0.1) is 0 Å². The monoisotopic (exact) mass is 386 g/mol. The zero-order chi connectivity index (χ0) is 19.6. The number of nitrogens with one attached hydrogen (secondary N) is 1. The number of benzene rings is 1. The molecule has 0 amide bonds. The molecular weight excluding hydrogens is 352 g/mol. The van der Waals surface area contributed by atoms with E-state index in [-0.39, 0.29) is 0 Å². The number of ether oxygens (including phenoxy) is 2. The van der Waals surface area contributed by atoms with Gasteiger partial charge in [0, 0.05) is 65.3 Å². The van der Waals surface area contributed by atoms with Crippen molar-refractivity contribution in [1.29, 1.82) is 0 Å². The first-order valence-electron chi connectivity index (χ1n) is 10.4. The number of fused-ring (bicyclic) bond motifs is 1. The first kappa shape index (κ1) is 20.7. The normalized spacial score (nSPS) is 16.1. The van der Waals surface area contributed by atoms with Gasteiger partial charge < -0.3 is 24.3 Å². The maximum absolute atomic E-state index is 5.95. The molecule has 154 valence electrons. The summed E-state index contributed by atoms with van der Waals surface area (Å²) in [6.07, 6.45) is 6.70. The van der Waals surface area contributed by atoms with Crippen LogP contribution in [-0.4, -0.2) is 68.5 Å². The number of para-hydroxylation sites is 1. The van der Waals surface area contributed by atoms with Crippen LogP contribution in [0.15, 0.2) is 41.5 Å². The lowest BCUT2D eigenvalue weighted by Crippen LogP contribution is -2.47. The van der Waals surface area contributed by atoms with Crippen LogP contribution in [0.25, 0.3) is 10.9 Å². The first-order valence-corrected chi connectivity index (χ1v) is 10.4. The van der Waals surface area contributed by atoms with Crippen molar-refractivity contribution in [2.45, 2.75) is 38.3 Å². The zero-order valence-electron chi connectivity index (χ0n) is 17.3. The molecule has 1 aromatic heterocycles. The number of aliphatic imine (C=N–C) groups is 1. The van der Waals surface area contributed by atoms with Crippen LogP contribution in [0.5, 0.6) is 0 Å². The molecule has 0 saturated carbocycles. The summed E-state index contributed by atoms with van der Waals surface area (Å²) in [5.74, 6) is 1.01. The number of nitrogens with zero attached hydrogens (tertiary/aromatic N) is 3. The van der Waals surface area contributed by atoms with Gasteiger partial charge in [0.25, 0.3) is 0 Å². The molecule has 2 aromatic rings. The highest BCUT2D eigenvalue weighted by Gasteiger charge is 2.21. The number of guanidine groups is 1. The number of hydrogen-bond donors (Lipinski definition) is 1. The summed E-state index contributed by atoms with van der Waals surface area (Å²) in [6, 6.07) is 10.7. The molecule has 2 heterocycles. The molecule has 1 N–H and O–H groups in total. The number of hydrogen-bond acceptors (Lipinski definition) is 3. The Kier molecular flexibility index (Phi) is 8.18. The molecular formula is C22H34N4O2. The summed E-state index contributed by atoms with van der Waals surface area (Å²) < 4.78 is 13.3. The molecule has 1 aliphatic rings. The van der Waals surface area contributed by atoms with Crippen LogP contribution < -0.4 is 5.32 Å². The van der Waals surface area contributed by atoms with Gasteiger partial charge in [-0.15, -0.1) is 0 Å².